The molecule has 0 atom stereocenters. The van der Waals surface area contributed by atoms with Crippen LogP contribution in [0.5, 0.6) is 0 Å². The molecule has 28 heavy (non-hydrogen) atoms. The van der Waals surface area contributed by atoms with Gasteiger partial charge in [0, 0.05) is 31.5 Å². The van der Waals surface area contributed by atoms with E-state index in [0.29, 0.717) is 18.4 Å². The topological polar surface area (TPSA) is 78.8 Å². The highest BCUT2D eigenvalue weighted by molar-refractivity contribution is 7.88. The molecule has 0 bridgehead atoms. The van der Waals surface area contributed by atoms with Gasteiger partial charge in [0.15, 0.2) is 0 Å². The number of aliphatic imine (C=N–C) groups is 1. The monoisotopic (exact) mass is 401 g/mol. The number of hydrogen-bond acceptors (Lipinski definition) is 4. The van der Waals surface area contributed by atoms with Crippen LogP contribution in [0.3, 0.4) is 0 Å². The second kappa shape index (κ2) is 7.10. The van der Waals surface area contributed by atoms with Gasteiger partial charge in [-0.25, -0.2) is 17.1 Å². The Morgan fingerprint density at radius 3 is 2.32 bits per heavy atom. The third-order valence-electron chi connectivity index (χ3n) is 5.14. The van der Waals surface area contributed by atoms with Gasteiger partial charge in [0.2, 0.25) is 10.0 Å². The average Bonchev–Trinajstić information content (AvgIpc) is 2.99. The van der Waals surface area contributed by atoms with Crippen molar-refractivity contribution in [3.8, 4) is 0 Å². The van der Waals surface area contributed by atoms with E-state index in [9.17, 15) is 17.6 Å². The van der Waals surface area contributed by atoms with E-state index < -0.39 is 15.7 Å². The molecule has 1 N–H and O–H groups in total. The summed E-state index contributed by atoms with van der Waals surface area (Å²) in [5.74, 6) is -0.737. The fourth-order valence-corrected chi connectivity index (χ4v) is 5.15. The maximum atomic E-state index is 13.1. The van der Waals surface area contributed by atoms with E-state index in [1.54, 1.807) is 12.1 Å². The molecule has 4 rings (SSSR count). The Hall–Kier alpha value is -2.58. The molecule has 0 saturated carbocycles. The Morgan fingerprint density at radius 1 is 1.04 bits per heavy atom. The zero-order valence-corrected chi connectivity index (χ0v) is 16.0. The molecule has 1 saturated heterocycles. The van der Waals surface area contributed by atoms with Gasteiger partial charge >= 0.3 is 0 Å². The summed E-state index contributed by atoms with van der Waals surface area (Å²) in [6.45, 7) is 0.575. The van der Waals surface area contributed by atoms with Crippen LogP contribution in [0.15, 0.2) is 59.6 Å². The quantitative estimate of drug-likeness (QED) is 0.852. The van der Waals surface area contributed by atoms with Crippen molar-refractivity contribution < 1.29 is 17.6 Å². The Bertz CT molecular complexity index is 1010. The number of carbonyl (C=O) groups excluding carboxylic acids is 1. The Labute approximate surface area is 163 Å². The van der Waals surface area contributed by atoms with Gasteiger partial charge in [0.1, 0.15) is 17.2 Å². The first-order valence-electron chi connectivity index (χ1n) is 9.07. The molecule has 0 aromatic heterocycles. The SMILES string of the molecule is O=C1NC2(CCN(S(=O)(=O)Cc3ccccc3)CC2)N=C1c1ccc(F)cc1. The van der Waals surface area contributed by atoms with Gasteiger partial charge in [-0.2, -0.15) is 0 Å². The fraction of sp³-hybridized carbons (Fsp3) is 0.300. The summed E-state index contributed by atoms with van der Waals surface area (Å²) in [6, 6.07) is 14.7. The van der Waals surface area contributed by atoms with Crippen LogP contribution < -0.4 is 5.32 Å². The Balaban J connectivity index is 1.47. The van der Waals surface area contributed by atoms with Crippen molar-refractivity contribution in [2.24, 2.45) is 4.99 Å². The zero-order valence-electron chi connectivity index (χ0n) is 15.1. The van der Waals surface area contributed by atoms with E-state index >= 15 is 0 Å². The normalized spacial score (nSPS) is 19.5. The first kappa shape index (κ1) is 18.8. The van der Waals surface area contributed by atoms with Crippen LogP contribution in [-0.4, -0.2) is 43.1 Å². The molecule has 146 valence electrons. The van der Waals surface area contributed by atoms with Crippen molar-refractivity contribution >= 4 is 21.6 Å². The van der Waals surface area contributed by atoms with Gasteiger partial charge in [-0.3, -0.25) is 9.79 Å². The number of nitrogens with zero attached hydrogens (tertiary/aromatic N) is 2. The highest BCUT2D eigenvalue weighted by Crippen LogP contribution is 2.30. The largest absolute Gasteiger partial charge is 0.326 e. The molecule has 8 heteroatoms. The highest BCUT2D eigenvalue weighted by atomic mass is 32.2. The minimum Gasteiger partial charge on any atom is -0.326 e. The Kier molecular flexibility index (Phi) is 4.76. The molecule has 6 nitrogen and oxygen atoms in total. The highest BCUT2D eigenvalue weighted by Gasteiger charge is 2.44. The number of hydrogen-bond donors (Lipinski definition) is 1. The van der Waals surface area contributed by atoms with Crippen molar-refractivity contribution in [3.63, 3.8) is 0 Å². The van der Waals surface area contributed by atoms with Gasteiger partial charge in [0.25, 0.3) is 5.91 Å². The number of piperidine rings is 1. The van der Waals surface area contributed by atoms with Crippen LogP contribution in [0.1, 0.15) is 24.0 Å². The second-order valence-corrected chi connectivity index (χ2v) is 9.06. The van der Waals surface area contributed by atoms with E-state index in [1.165, 1.54) is 28.6 Å². The molecule has 2 aliphatic heterocycles. The van der Waals surface area contributed by atoms with E-state index in [-0.39, 0.29) is 36.3 Å². The first-order valence-corrected chi connectivity index (χ1v) is 10.7. The van der Waals surface area contributed by atoms with E-state index in [1.807, 2.05) is 18.2 Å². The lowest BCUT2D eigenvalue weighted by Crippen LogP contribution is -2.52. The second-order valence-electron chi connectivity index (χ2n) is 7.09. The lowest BCUT2D eigenvalue weighted by molar-refractivity contribution is -0.115. The van der Waals surface area contributed by atoms with E-state index in [4.69, 9.17) is 0 Å². The van der Waals surface area contributed by atoms with Gasteiger partial charge in [0.05, 0.1) is 5.75 Å². The summed E-state index contributed by atoms with van der Waals surface area (Å²) in [5, 5.41) is 2.90. The fourth-order valence-electron chi connectivity index (χ4n) is 3.61. The van der Waals surface area contributed by atoms with Crippen LogP contribution >= 0.6 is 0 Å². The predicted molar refractivity (Wildman–Crippen MR) is 104 cm³/mol. The van der Waals surface area contributed by atoms with Gasteiger partial charge in [-0.05, 0) is 29.8 Å². The molecule has 1 spiro atoms. The lowest BCUT2D eigenvalue weighted by atomic mass is 10.00. The van der Waals surface area contributed by atoms with Crippen molar-refractivity contribution in [1.29, 1.82) is 0 Å². The van der Waals surface area contributed by atoms with Gasteiger partial charge < -0.3 is 5.32 Å². The number of carbonyl (C=O) groups is 1. The summed E-state index contributed by atoms with van der Waals surface area (Å²) in [6.07, 6.45) is 0.801. The van der Waals surface area contributed by atoms with Crippen molar-refractivity contribution in [2.45, 2.75) is 24.3 Å². The van der Waals surface area contributed by atoms with E-state index in [2.05, 4.69) is 10.3 Å². The summed E-state index contributed by atoms with van der Waals surface area (Å²) < 4.78 is 40.0. The lowest BCUT2D eigenvalue weighted by Gasteiger charge is -2.36. The summed E-state index contributed by atoms with van der Waals surface area (Å²) in [7, 11) is -3.44. The zero-order chi connectivity index (χ0) is 19.8. The van der Waals surface area contributed by atoms with Gasteiger partial charge in [-0.15, -0.1) is 0 Å². The molecule has 2 aliphatic rings. The maximum absolute atomic E-state index is 13.1. The molecular formula is C20H20FN3O3S. The minimum atomic E-state index is -3.44. The smallest absolute Gasteiger partial charge is 0.272 e. The molecule has 0 unspecified atom stereocenters. The molecule has 2 heterocycles. The van der Waals surface area contributed by atoms with Crippen molar-refractivity contribution in [2.75, 3.05) is 13.1 Å². The number of nitrogens with one attached hydrogen (secondary N) is 1. The third kappa shape index (κ3) is 3.70. The van der Waals surface area contributed by atoms with Crippen LogP contribution in [0.25, 0.3) is 0 Å². The number of halogens is 1. The standard InChI is InChI=1S/C20H20FN3O3S/c21-17-8-6-16(7-9-17)18-19(25)23-20(22-18)10-12-24(13-11-20)28(26,27)14-15-4-2-1-3-5-15/h1-9H,10-14H2,(H,23,25). The average molecular weight is 401 g/mol. The maximum Gasteiger partial charge on any atom is 0.272 e. The van der Waals surface area contributed by atoms with Crippen LogP contribution in [0.4, 0.5) is 4.39 Å². The molecule has 0 aliphatic carbocycles. The third-order valence-corrected chi connectivity index (χ3v) is 6.99. The van der Waals surface area contributed by atoms with Crippen LogP contribution in [0.2, 0.25) is 0 Å². The number of sulfonamides is 1. The molecule has 1 amide bonds. The number of benzene rings is 2. The number of rotatable bonds is 4. The van der Waals surface area contributed by atoms with Crippen molar-refractivity contribution in [1.82, 2.24) is 9.62 Å². The summed E-state index contributed by atoms with van der Waals surface area (Å²) >= 11 is 0. The summed E-state index contributed by atoms with van der Waals surface area (Å²) in [4.78, 5) is 17.0. The summed E-state index contributed by atoms with van der Waals surface area (Å²) in [5.41, 5.74) is 0.767. The number of amides is 1. The van der Waals surface area contributed by atoms with Crippen molar-refractivity contribution in [3.05, 3.63) is 71.5 Å². The van der Waals surface area contributed by atoms with E-state index in [0.717, 1.165) is 5.56 Å². The van der Waals surface area contributed by atoms with Crippen LogP contribution in [0, 0.1) is 5.82 Å². The minimum absolute atomic E-state index is 0.0443. The Morgan fingerprint density at radius 2 is 1.68 bits per heavy atom. The molecular weight excluding hydrogens is 381 g/mol. The molecule has 0 radical (unpaired) electrons. The molecule has 2 aromatic rings. The first-order chi connectivity index (χ1) is 13.4. The van der Waals surface area contributed by atoms with Gasteiger partial charge in [-0.1, -0.05) is 30.3 Å². The van der Waals surface area contributed by atoms with Crippen LogP contribution in [-0.2, 0) is 20.6 Å². The molecule has 1 fully saturated rings. The molecule has 2 aromatic carbocycles. The predicted octanol–water partition coefficient (Wildman–Crippen LogP) is 2.07.